The maximum absolute atomic E-state index is 12.3. The second-order valence-corrected chi connectivity index (χ2v) is 7.20. The number of amides is 1. The Morgan fingerprint density at radius 2 is 1.80 bits per heavy atom. The van der Waals surface area contributed by atoms with Crippen LogP contribution in [0, 0.1) is 0 Å². The van der Waals surface area contributed by atoms with E-state index < -0.39 is 6.10 Å². The summed E-state index contributed by atoms with van der Waals surface area (Å²) < 4.78 is 11.0. The number of hydrogen-bond acceptors (Lipinski definition) is 4. The first-order valence-electron chi connectivity index (χ1n) is 9.14. The Hall–Kier alpha value is -2.86. The van der Waals surface area contributed by atoms with Gasteiger partial charge in [-0.05, 0) is 47.5 Å². The zero-order valence-electron chi connectivity index (χ0n) is 16.2. The number of benzene rings is 3. The molecular formula is C23H20Cl2N2O3. The molecule has 7 heteroatoms. The van der Waals surface area contributed by atoms with Crippen LogP contribution in [0.15, 0.2) is 77.9 Å². The van der Waals surface area contributed by atoms with Crippen LogP contribution in [-0.4, -0.2) is 19.2 Å². The molecule has 3 rings (SSSR count). The summed E-state index contributed by atoms with van der Waals surface area (Å²) in [6.45, 7) is 0.331. The van der Waals surface area contributed by atoms with Gasteiger partial charge in [0.05, 0.1) is 6.21 Å². The zero-order chi connectivity index (χ0) is 21.3. The highest BCUT2D eigenvalue weighted by molar-refractivity contribution is 6.35. The van der Waals surface area contributed by atoms with Gasteiger partial charge in [-0.3, -0.25) is 4.79 Å². The molecule has 1 amide bonds. The molecule has 0 aromatic heterocycles. The number of methoxy groups -OCH3 is 1. The lowest BCUT2D eigenvalue weighted by atomic mass is 10.1. The maximum Gasteiger partial charge on any atom is 0.273 e. The predicted octanol–water partition coefficient (Wildman–Crippen LogP) is 5.41. The van der Waals surface area contributed by atoms with Gasteiger partial charge in [0.15, 0.2) is 6.10 Å². The number of hydrazone groups is 1. The van der Waals surface area contributed by atoms with Crippen LogP contribution in [0.1, 0.15) is 22.8 Å². The Bertz CT molecular complexity index is 1010. The highest BCUT2D eigenvalue weighted by atomic mass is 35.5. The van der Waals surface area contributed by atoms with E-state index in [0.29, 0.717) is 22.4 Å². The normalized spacial score (nSPS) is 12.0. The summed E-state index contributed by atoms with van der Waals surface area (Å²) in [6, 6.07) is 21.8. The van der Waals surface area contributed by atoms with Gasteiger partial charge in [-0.2, -0.15) is 5.10 Å². The van der Waals surface area contributed by atoms with Crippen LogP contribution in [0.2, 0.25) is 10.0 Å². The highest BCUT2D eigenvalue weighted by Crippen LogP contribution is 2.23. The standard InChI is InChI=1S/C23H20Cl2N2O3/c1-29-22(17-5-3-2-4-6-17)23(28)27-26-14-16-7-11-20(12-8-16)30-15-18-9-10-19(24)13-21(18)25/h2-14,22H,15H2,1H3,(H,27,28)/b26-14-/t22-/m0/s1. The van der Waals surface area contributed by atoms with Gasteiger partial charge in [0, 0.05) is 22.7 Å². The molecule has 0 spiro atoms. The van der Waals surface area contributed by atoms with E-state index in [9.17, 15) is 4.79 Å². The van der Waals surface area contributed by atoms with Gasteiger partial charge in [-0.15, -0.1) is 0 Å². The molecule has 0 aliphatic rings. The Labute approximate surface area is 185 Å². The van der Waals surface area contributed by atoms with E-state index in [4.69, 9.17) is 32.7 Å². The monoisotopic (exact) mass is 442 g/mol. The molecule has 0 radical (unpaired) electrons. The van der Waals surface area contributed by atoms with Crippen molar-refractivity contribution in [2.75, 3.05) is 7.11 Å². The van der Waals surface area contributed by atoms with Gasteiger partial charge in [-0.1, -0.05) is 59.6 Å². The first-order valence-corrected chi connectivity index (χ1v) is 9.90. The van der Waals surface area contributed by atoms with Crippen LogP contribution < -0.4 is 10.2 Å². The Kier molecular flexibility index (Phi) is 7.85. The van der Waals surface area contributed by atoms with Crippen molar-refractivity contribution in [2.24, 2.45) is 5.10 Å². The van der Waals surface area contributed by atoms with Gasteiger partial charge in [0.1, 0.15) is 12.4 Å². The maximum atomic E-state index is 12.3. The molecule has 30 heavy (non-hydrogen) atoms. The minimum Gasteiger partial charge on any atom is -0.489 e. The average molecular weight is 443 g/mol. The third-order valence-electron chi connectivity index (χ3n) is 4.25. The Morgan fingerprint density at radius 3 is 2.47 bits per heavy atom. The van der Waals surface area contributed by atoms with Gasteiger partial charge >= 0.3 is 0 Å². The van der Waals surface area contributed by atoms with Crippen molar-refractivity contribution in [1.82, 2.24) is 5.43 Å². The van der Waals surface area contributed by atoms with E-state index in [1.165, 1.54) is 7.11 Å². The fraction of sp³-hybridized carbons (Fsp3) is 0.130. The third kappa shape index (κ3) is 6.07. The van der Waals surface area contributed by atoms with Crippen LogP contribution in [0.5, 0.6) is 5.75 Å². The SMILES string of the molecule is CO[C@H](C(=O)N/N=C\c1ccc(OCc2ccc(Cl)cc2Cl)cc1)c1ccccc1. The van der Waals surface area contributed by atoms with Crippen molar-refractivity contribution >= 4 is 35.3 Å². The quantitative estimate of drug-likeness (QED) is 0.374. The zero-order valence-corrected chi connectivity index (χ0v) is 17.7. The molecule has 0 aliphatic carbocycles. The number of halogens is 2. The molecule has 1 atom stereocenters. The Balaban J connectivity index is 1.53. The number of carbonyl (C=O) groups excluding carboxylic acids is 1. The number of rotatable bonds is 8. The second kappa shape index (κ2) is 10.8. The van der Waals surface area contributed by atoms with Crippen molar-refractivity contribution in [3.05, 3.63) is 99.5 Å². The summed E-state index contributed by atoms with van der Waals surface area (Å²) >= 11 is 12.0. The van der Waals surface area contributed by atoms with Crippen LogP contribution >= 0.6 is 23.2 Å². The van der Waals surface area contributed by atoms with E-state index in [1.807, 2.05) is 60.7 Å². The van der Waals surface area contributed by atoms with Gasteiger partial charge in [0.2, 0.25) is 0 Å². The van der Waals surface area contributed by atoms with Gasteiger partial charge in [0.25, 0.3) is 5.91 Å². The van der Waals surface area contributed by atoms with E-state index >= 15 is 0 Å². The lowest BCUT2D eigenvalue weighted by Gasteiger charge is -2.13. The minimum absolute atomic E-state index is 0.331. The first-order chi connectivity index (χ1) is 14.6. The van der Waals surface area contributed by atoms with Crippen molar-refractivity contribution in [2.45, 2.75) is 12.7 Å². The molecule has 154 valence electrons. The highest BCUT2D eigenvalue weighted by Gasteiger charge is 2.19. The fourth-order valence-electron chi connectivity index (χ4n) is 2.70. The van der Waals surface area contributed by atoms with E-state index in [1.54, 1.807) is 18.3 Å². The van der Waals surface area contributed by atoms with Crippen molar-refractivity contribution in [3.8, 4) is 5.75 Å². The smallest absolute Gasteiger partial charge is 0.273 e. The predicted molar refractivity (Wildman–Crippen MR) is 119 cm³/mol. The van der Waals surface area contributed by atoms with E-state index in [0.717, 1.165) is 16.7 Å². The molecule has 0 unspecified atom stereocenters. The molecular weight excluding hydrogens is 423 g/mol. The minimum atomic E-state index is -0.723. The average Bonchev–Trinajstić information content (AvgIpc) is 2.75. The molecule has 0 aliphatic heterocycles. The summed E-state index contributed by atoms with van der Waals surface area (Å²) in [5.41, 5.74) is 4.91. The fourth-order valence-corrected chi connectivity index (χ4v) is 3.16. The first kappa shape index (κ1) is 21.8. The summed E-state index contributed by atoms with van der Waals surface area (Å²) in [4.78, 5) is 12.3. The number of nitrogens with one attached hydrogen (secondary N) is 1. The van der Waals surface area contributed by atoms with Crippen LogP contribution in [0.25, 0.3) is 0 Å². The summed E-state index contributed by atoms with van der Waals surface area (Å²) in [7, 11) is 1.48. The second-order valence-electron chi connectivity index (χ2n) is 6.35. The molecule has 0 fully saturated rings. The molecule has 0 saturated carbocycles. The summed E-state index contributed by atoms with van der Waals surface area (Å²) in [5.74, 6) is 0.338. The van der Waals surface area contributed by atoms with E-state index in [-0.39, 0.29) is 5.91 Å². The van der Waals surface area contributed by atoms with E-state index in [2.05, 4.69) is 10.5 Å². The van der Waals surface area contributed by atoms with Crippen molar-refractivity contribution in [1.29, 1.82) is 0 Å². The molecule has 5 nitrogen and oxygen atoms in total. The van der Waals surface area contributed by atoms with Gasteiger partial charge < -0.3 is 9.47 Å². The lowest BCUT2D eigenvalue weighted by molar-refractivity contribution is -0.131. The number of nitrogens with zero attached hydrogens (tertiary/aromatic N) is 1. The van der Waals surface area contributed by atoms with Gasteiger partial charge in [-0.25, -0.2) is 5.43 Å². The van der Waals surface area contributed by atoms with Crippen LogP contribution in [0.4, 0.5) is 0 Å². The molecule has 1 N–H and O–H groups in total. The number of hydrogen-bond donors (Lipinski definition) is 1. The number of ether oxygens (including phenoxy) is 2. The molecule has 0 bridgehead atoms. The van der Waals surface area contributed by atoms with Crippen molar-refractivity contribution < 1.29 is 14.3 Å². The lowest BCUT2D eigenvalue weighted by Crippen LogP contribution is -2.26. The molecule has 0 saturated heterocycles. The summed E-state index contributed by atoms with van der Waals surface area (Å²) in [6.07, 6.45) is 0.828. The van der Waals surface area contributed by atoms with Crippen LogP contribution in [0.3, 0.4) is 0 Å². The third-order valence-corrected chi connectivity index (χ3v) is 4.84. The molecule has 3 aromatic rings. The molecule has 0 heterocycles. The number of carbonyl (C=O) groups is 1. The van der Waals surface area contributed by atoms with Crippen LogP contribution in [-0.2, 0) is 16.1 Å². The largest absolute Gasteiger partial charge is 0.489 e. The topological polar surface area (TPSA) is 59.9 Å². The summed E-state index contributed by atoms with van der Waals surface area (Å²) in [5, 5.41) is 5.15. The Morgan fingerprint density at radius 1 is 1.07 bits per heavy atom. The van der Waals surface area contributed by atoms with Crippen molar-refractivity contribution in [3.63, 3.8) is 0 Å². The molecule has 3 aromatic carbocycles.